The molecule has 0 atom stereocenters. The van der Waals surface area contributed by atoms with Gasteiger partial charge < -0.3 is 14.2 Å². The number of hydrazone groups is 1. The SMILES string of the molecule is COc1cc(/C=N\NC(=O)CN(c2cc(Cl)cc(Cl)c2)S(=O)(=O)c2ccccc2)cc(OC)c1OC. The first-order valence-corrected chi connectivity index (χ1v) is 12.5. The number of sulfonamides is 1. The topological polar surface area (TPSA) is 107 Å². The van der Waals surface area contributed by atoms with Crippen molar-refractivity contribution in [2.75, 3.05) is 32.2 Å². The van der Waals surface area contributed by atoms with Gasteiger partial charge in [0.1, 0.15) is 6.54 Å². The van der Waals surface area contributed by atoms with Crippen LogP contribution in [0.15, 0.2) is 70.7 Å². The van der Waals surface area contributed by atoms with Crippen molar-refractivity contribution < 1.29 is 27.4 Å². The van der Waals surface area contributed by atoms with E-state index in [1.165, 1.54) is 57.9 Å². The van der Waals surface area contributed by atoms with Gasteiger partial charge in [0.2, 0.25) is 5.75 Å². The van der Waals surface area contributed by atoms with Gasteiger partial charge in [-0.25, -0.2) is 13.8 Å². The number of anilines is 1. The number of halogens is 2. The summed E-state index contributed by atoms with van der Waals surface area (Å²) in [6.45, 7) is -0.583. The summed E-state index contributed by atoms with van der Waals surface area (Å²) in [6.07, 6.45) is 1.36. The van der Waals surface area contributed by atoms with E-state index in [2.05, 4.69) is 10.5 Å². The van der Waals surface area contributed by atoms with Gasteiger partial charge in [-0.2, -0.15) is 5.10 Å². The molecule has 1 amide bonds. The van der Waals surface area contributed by atoms with E-state index in [0.29, 0.717) is 22.8 Å². The Bertz CT molecular complexity index is 1320. The number of methoxy groups -OCH3 is 3. The normalized spacial score (nSPS) is 11.2. The Kier molecular flexibility index (Phi) is 9.03. The van der Waals surface area contributed by atoms with Crippen molar-refractivity contribution in [3.05, 3.63) is 76.3 Å². The Labute approximate surface area is 219 Å². The average Bonchev–Trinajstić information content (AvgIpc) is 2.86. The molecular weight excluding hydrogens is 529 g/mol. The molecule has 0 aromatic heterocycles. The van der Waals surface area contributed by atoms with Crippen molar-refractivity contribution in [3.8, 4) is 17.2 Å². The number of amides is 1. The highest BCUT2D eigenvalue weighted by Crippen LogP contribution is 2.37. The number of ether oxygens (including phenoxy) is 3. The second-order valence-electron chi connectivity index (χ2n) is 7.20. The molecule has 0 fully saturated rings. The second-order valence-corrected chi connectivity index (χ2v) is 9.94. The molecule has 3 aromatic rings. The number of hydrogen-bond donors (Lipinski definition) is 1. The largest absolute Gasteiger partial charge is 0.493 e. The van der Waals surface area contributed by atoms with Crippen LogP contribution >= 0.6 is 23.2 Å². The van der Waals surface area contributed by atoms with Crippen LogP contribution in [0.3, 0.4) is 0 Å². The fraction of sp³-hybridized carbons (Fsp3) is 0.167. The van der Waals surface area contributed by atoms with Crippen LogP contribution in [-0.4, -0.2) is 48.4 Å². The lowest BCUT2D eigenvalue weighted by atomic mass is 10.2. The highest BCUT2D eigenvalue weighted by Gasteiger charge is 2.27. The van der Waals surface area contributed by atoms with E-state index in [4.69, 9.17) is 37.4 Å². The summed E-state index contributed by atoms with van der Waals surface area (Å²) in [5.41, 5.74) is 3.00. The van der Waals surface area contributed by atoms with Crippen LogP contribution in [0.2, 0.25) is 10.0 Å². The fourth-order valence-electron chi connectivity index (χ4n) is 3.24. The van der Waals surface area contributed by atoms with Crippen LogP contribution in [-0.2, 0) is 14.8 Å². The highest BCUT2D eigenvalue weighted by atomic mass is 35.5. The average molecular weight is 552 g/mol. The quantitative estimate of drug-likeness (QED) is 0.296. The molecule has 0 aliphatic heterocycles. The number of carbonyl (C=O) groups is 1. The summed E-state index contributed by atoms with van der Waals surface area (Å²) >= 11 is 12.2. The van der Waals surface area contributed by atoms with E-state index in [9.17, 15) is 13.2 Å². The number of hydrogen-bond acceptors (Lipinski definition) is 7. The summed E-state index contributed by atoms with van der Waals surface area (Å²) in [5.74, 6) is 0.516. The van der Waals surface area contributed by atoms with E-state index in [1.807, 2.05) is 0 Å². The number of carbonyl (C=O) groups excluding carboxylic acids is 1. The third-order valence-corrected chi connectivity index (χ3v) is 7.07. The second kappa shape index (κ2) is 12.0. The number of nitrogens with one attached hydrogen (secondary N) is 1. The van der Waals surface area contributed by atoms with Crippen LogP contribution in [0, 0.1) is 0 Å². The first kappa shape index (κ1) is 27.1. The van der Waals surface area contributed by atoms with Gasteiger partial charge in [0.15, 0.2) is 11.5 Å². The van der Waals surface area contributed by atoms with Crippen LogP contribution in [0.5, 0.6) is 17.2 Å². The van der Waals surface area contributed by atoms with Crippen molar-refractivity contribution >= 4 is 51.0 Å². The van der Waals surface area contributed by atoms with E-state index >= 15 is 0 Å². The first-order chi connectivity index (χ1) is 17.2. The van der Waals surface area contributed by atoms with Gasteiger partial charge in [0.05, 0.1) is 38.1 Å². The lowest BCUT2D eigenvalue weighted by molar-refractivity contribution is -0.119. The minimum atomic E-state index is -4.13. The summed E-state index contributed by atoms with van der Waals surface area (Å²) < 4.78 is 43.5. The highest BCUT2D eigenvalue weighted by molar-refractivity contribution is 7.92. The van der Waals surface area contributed by atoms with E-state index in [-0.39, 0.29) is 20.6 Å². The number of benzene rings is 3. The summed E-state index contributed by atoms with van der Waals surface area (Å²) in [4.78, 5) is 12.7. The Morgan fingerprint density at radius 2 is 1.53 bits per heavy atom. The zero-order valence-corrected chi connectivity index (χ0v) is 21.9. The van der Waals surface area contributed by atoms with Gasteiger partial charge >= 0.3 is 0 Å². The molecule has 0 aliphatic carbocycles. The van der Waals surface area contributed by atoms with Gasteiger partial charge in [0.25, 0.3) is 15.9 Å². The molecule has 12 heteroatoms. The molecule has 0 saturated heterocycles. The molecule has 0 unspecified atom stereocenters. The van der Waals surface area contributed by atoms with Gasteiger partial charge in [-0.05, 0) is 42.5 Å². The molecule has 0 bridgehead atoms. The van der Waals surface area contributed by atoms with Crippen LogP contribution in [0.4, 0.5) is 5.69 Å². The maximum atomic E-state index is 13.4. The molecule has 3 aromatic carbocycles. The molecule has 0 saturated carbocycles. The maximum absolute atomic E-state index is 13.4. The zero-order valence-electron chi connectivity index (χ0n) is 19.6. The third kappa shape index (κ3) is 6.39. The van der Waals surface area contributed by atoms with Crippen LogP contribution in [0.25, 0.3) is 0 Å². The van der Waals surface area contributed by atoms with Gasteiger partial charge in [-0.1, -0.05) is 41.4 Å². The molecule has 0 aliphatic rings. The summed E-state index contributed by atoms with van der Waals surface area (Å²) in [7, 11) is 0.306. The molecule has 0 radical (unpaired) electrons. The van der Waals surface area contributed by atoms with E-state index in [1.54, 1.807) is 30.3 Å². The summed E-state index contributed by atoms with van der Waals surface area (Å²) in [6, 6.07) is 15.2. The Hall–Kier alpha value is -3.47. The standard InChI is InChI=1S/C24H23Cl2N3O6S/c1-33-21-9-16(10-22(34-2)24(21)35-3)14-27-28-23(30)15-29(19-12-17(25)11-18(26)13-19)36(31,32)20-7-5-4-6-8-20/h4-14H,15H2,1-3H3,(H,28,30)/b27-14-. The Morgan fingerprint density at radius 3 is 2.06 bits per heavy atom. The smallest absolute Gasteiger partial charge is 0.264 e. The minimum absolute atomic E-state index is 0.00479. The van der Waals surface area contributed by atoms with Crippen molar-refractivity contribution in [2.45, 2.75) is 4.90 Å². The van der Waals surface area contributed by atoms with Crippen molar-refractivity contribution in [2.24, 2.45) is 5.10 Å². The van der Waals surface area contributed by atoms with Crippen LogP contribution in [0.1, 0.15) is 5.56 Å². The molecule has 3 rings (SSSR count). The zero-order chi connectivity index (χ0) is 26.3. The van der Waals surface area contributed by atoms with Crippen molar-refractivity contribution in [1.82, 2.24) is 5.43 Å². The monoisotopic (exact) mass is 551 g/mol. The predicted molar refractivity (Wildman–Crippen MR) is 139 cm³/mol. The maximum Gasteiger partial charge on any atom is 0.264 e. The van der Waals surface area contributed by atoms with E-state index in [0.717, 1.165) is 4.31 Å². The molecule has 36 heavy (non-hydrogen) atoms. The van der Waals surface area contributed by atoms with Gasteiger partial charge in [0, 0.05) is 15.6 Å². The van der Waals surface area contributed by atoms with Crippen molar-refractivity contribution in [3.63, 3.8) is 0 Å². The predicted octanol–water partition coefficient (Wildman–Crippen LogP) is 4.36. The molecular formula is C24H23Cl2N3O6S. The van der Waals surface area contributed by atoms with Gasteiger partial charge in [-0.3, -0.25) is 9.10 Å². The molecule has 190 valence electrons. The molecule has 1 N–H and O–H groups in total. The Morgan fingerprint density at radius 1 is 0.944 bits per heavy atom. The number of nitrogens with zero attached hydrogens (tertiary/aromatic N) is 2. The minimum Gasteiger partial charge on any atom is -0.493 e. The van der Waals surface area contributed by atoms with E-state index < -0.39 is 22.5 Å². The summed E-state index contributed by atoms with van der Waals surface area (Å²) in [5, 5.41) is 4.36. The lowest BCUT2D eigenvalue weighted by Crippen LogP contribution is -2.39. The van der Waals surface area contributed by atoms with Crippen molar-refractivity contribution in [1.29, 1.82) is 0 Å². The fourth-order valence-corrected chi connectivity index (χ4v) is 5.18. The molecule has 0 heterocycles. The molecule has 0 spiro atoms. The first-order valence-electron chi connectivity index (χ1n) is 10.4. The lowest BCUT2D eigenvalue weighted by Gasteiger charge is -2.24. The van der Waals surface area contributed by atoms with Gasteiger partial charge in [-0.15, -0.1) is 0 Å². The Balaban J connectivity index is 1.86. The molecule has 9 nitrogen and oxygen atoms in total. The third-order valence-electron chi connectivity index (χ3n) is 4.84. The van der Waals surface area contributed by atoms with Crippen LogP contribution < -0.4 is 23.9 Å². The number of rotatable bonds is 10.